The highest BCUT2D eigenvalue weighted by Gasteiger charge is 2.33. The van der Waals surface area contributed by atoms with Crippen LogP contribution in [0.25, 0.3) is 0 Å². The first-order valence-electron chi connectivity index (χ1n) is 6.78. The zero-order valence-electron chi connectivity index (χ0n) is 12.2. The highest BCUT2D eigenvalue weighted by molar-refractivity contribution is 5.78. The number of carbonyl (C=O) groups excluding carboxylic acids is 1. The molecular formula is C14H13F3N4O3. The Balaban J connectivity index is 1.95. The predicted molar refractivity (Wildman–Crippen MR) is 74.7 cm³/mol. The van der Waals surface area contributed by atoms with Crippen molar-refractivity contribution in [1.82, 2.24) is 20.3 Å². The molecule has 1 aromatic heterocycles. The molecule has 0 aliphatic heterocycles. The van der Waals surface area contributed by atoms with E-state index in [-0.39, 0.29) is 18.7 Å². The number of carboxylic acids is 1. The Morgan fingerprint density at radius 1 is 1.25 bits per heavy atom. The van der Waals surface area contributed by atoms with E-state index in [4.69, 9.17) is 5.11 Å². The average molecular weight is 342 g/mol. The molecule has 10 heteroatoms. The number of nitrogens with one attached hydrogen (secondary N) is 1. The molecule has 0 fully saturated rings. The summed E-state index contributed by atoms with van der Waals surface area (Å²) in [6, 6.07) is 4.84. The lowest BCUT2D eigenvalue weighted by Gasteiger charge is -2.12. The van der Waals surface area contributed by atoms with Crippen LogP contribution in [0.1, 0.15) is 16.8 Å². The van der Waals surface area contributed by atoms with E-state index in [1.807, 2.05) is 0 Å². The third-order valence-electron chi connectivity index (χ3n) is 3.02. The standard InChI is InChI=1S/C14H13F3N4O3/c15-14(16,17)11-4-2-1-3-9(11)5-12(22)18-6-10-7-21(20-19-10)8-13(23)24/h1-4,7H,5-6,8H2,(H,18,22)(H,23,24). The first-order valence-corrected chi connectivity index (χ1v) is 6.78. The van der Waals surface area contributed by atoms with E-state index in [0.29, 0.717) is 5.69 Å². The number of rotatable bonds is 6. The molecule has 0 atom stereocenters. The summed E-state index contributed by atoms with van der Waals surface area (Å²) in [6.07, 6.45) is -3.63. The number of carbonyl (C=O) groups is 2. The number of halogens is 3. The van der Waals surface area contributed by atoms with Crippen LogP contribution in [0.5, 0.6) is 0 Å². The molecule has 1 amide bonds. The molecule has 0 radical (unpaired) electrons. The molecule has 7 nitrogen and oxygen atoms in total. The molecule has 0 saturated carbocycles. The fourth-order valence-corrected chi connectivity index (χ4v) is 2.01. The molecule has 0 spiro atoms. The molecular weight excluding hydrogens is 329 g/mol. The van der Waals surface area contributed by atoms with E-state index in [2.05, 4.69) is 15.6 Å². The number of carboxylic acid groups (broad SMARTS) is 1. The summed E-state index contributed by atoms with van der Waals surface area (Å²) in [5.41, 5.74) is -0.682. The summed E-state index contributed by atoms with van der Waals surface area (Å²) in [5.74, 6) is -1.71. The predicted octanol–water partition coefficient (Wildman–Crippen LogP) is 1.24. The lowest BCUT2D eigenvalue weighted by molar-refractivity contribution is -0.139. The number of aliphatic carboxylic acids is 1. The lowest BCUT2D eigenvalue weighted by atomic mass is 10.0. The third kappa shape index (κ3) is 4.80. The summed E-state index contributed by atoms with van der Waals surface area (Å²) in [7, 11) is 0. The van der Waals surface area contributed by atoms with E-state index >= 15 is 0 Å². The molecule has 2 N–H and O–H groups in total. The van der Waals surface area contributed by atoms with Gasteiger partial charge in [0.25, 0.3) is 0 Å². The summed E-state index contributed by atoms with van der Waals surface area (Å²) >= 11 is 0. The summed E-state index contributed by atoms with van der Waals surface area (Å²) in [6.45, 7) is -0.438. The fourth-order valence-electron chi connectivity index (χ4n) is 2.01. The van der Waals surface area contributed by atoms with Crippen molar-refractivity contribution in [2.24, 2.45) is 0 Å². The number of hydrogen-bond acceptors (Lipinski definition) is 4. The number of alkyl halides is 3. The summed E-state index contributed by atoms with van der Waals surface area (Å²) in [5, 5.41) is 18.2. The average Bonchev–Trinajstić information content (AvgIpc) is 2.91. The van der Waals surface area contributed by atoms with Crippen LogP contribution >= 0.6 is 0 Å². The molecule has 2 rings (SSSR count). The Hall–Kier alpha value is -2.91. The van der Waals surface area contributed by atoms with Gasteiger partial charge in [0.05, 0.1) is 24.7 Å². The number of nitrogens with zero attached hydrogens (tertiary/aromatic N) is 3. The zero-order chi connectivity index (χ0) is 17.7. The number of hydrogen-bond donors (Lipinski definition) is 2. The van der Waals surface area contributed by atoms with Gasteiger partial charge < -0.3 is 10.4 Å². The van der Waals surface area contributed by atoms with E-state index in [9.17, 15) is 22.8 Å². The van der Waals surface area contributed by atoms with Gasteiger partial charge in [-0.05, 0) is 11.6 Å². The first-order chi connectivity index (χ1) is 11.3. The molecule has 0 bridgehead atoms. The minimum Gasteiger partial charge on any atom is -0.480 e. The molecule has 1 heterocycles. The van der Waals surface area contributed by atoms with Crippen LogP contribution in [0.4, 0.5) is 13.2 Å². The highest BCUT2D eigenvalue weighted by atomic mass is 19.4. The molecule has 1 aromatic carbocycles. The second kappa shape index (κ2) is 7.11. The Morgan fingerprint density at radius 3 is 2.62 bits per heavy atom. The SMILES string of the molecule is O=C(O)Cn1cc(CNC(=O)Cc2ccccc2C(F)(F)F)nn1. The Labute approximate surface area is 134 Å². The maximum atomic E-state index is 12.9. The second-order valence-electron chi connectivity index (χ2n) is 4.91. The fraction of sp³-hybridized carbons (Fsp3) is 0.286. The zero-order valence-corrected chi connectivity index (χ0v) is 12.2. The normalized spacial score (nSPS) is 11.3. The van der Waals surface area contributed by atoms with Gasteiger partial charge in [-0.2, -0.15) is 13.2 Å². The van der Waals surface area contributed by atoms with Gasteiger partial charge in [0.15, 0.2) is 0 Å². The van der Waals surface area contributed by atoms with Crippen LogP contribution in [0, 0.1) is 0 Å². The van der Waals surface area contributed by atoms with Crippen LogP contribution in [-0.2, 0) is 35.3 Å². The largest absolute Gasteiger partial charge is 0.480 e. The number of amides is 1. The van der Waals surface area contributed by atoms with E-state index in [1.165, 1.54) is 24.4 Å². The molecule has 0 aliphatic carbocycles. The summed E-state index contributed by atoms with van der Waals surface area (Å²) < 4.78 is 39.6. The van der Waals surface area contributed by atoms with Gasteiger partial charge in [0.1, 0.15) is 12.2 Å². The van der Waals surface area contributed by atoms with Crippen molar-refractivity contribution in [1.29, 1.82) is 0 Å². The quantitative estimate of drug-likeness (QED) is 0.823. The molecule has 0 unspecified atom stereocenters. The molecule has 24 heavy (non-hydrogen) atoms. The van der Waals surface area contributed by atoms with Crippen molar-refractivity contribution in [2.75, 3.05) is 0 Å². The highest BCUT2D eigenvalue weighted by Crippen LogP contribution is 2.31. The van der Waals surface area contributed by atoms with Crippen LogP contribution < -0.4 is 5.32 Å². The molecule has 0 saturated heterocycles. The smallest absolute Gasteiger partial charge is 0.416 e. The first kappa shape index (κ1) is 17.4. The maximum absolute atomic E-state index is 12.9. The monoisotopic (exact) mass is 342 g/mol. The lowest BCUT2D eigenvalue weighted by Crippen LogP contribution is -2.26. The summed E-state index contributed by atoms with van der Waals surface area (Å²) in [4.78, 5) is 22.3. The number of aromatic nitrogens is 3. The second-order valence-corrected chi connectivity index (χ2v) is 4.91. The van der Waals surface area contributed by atoms with E-state index in [0.717, 1.165) is 10.7 Å². The van der Waals surface area contributed by atoms with Gasteiger partial charge in [-0.25, -0.2) is 4.68 Å². The van der Waals surface area contributed by atoms with Gasteiger partial charge in [-0.1, -0.05) is 23.4 Å². The maximum Gasteiger partial charge on any atom is 0.416 e. The minimum atomic E-state index is -4.53. The van der Waals surface area contributed by atoms with Crippen LogP contribution in [-0.4, -0.2) is 32.0 Å². The molecule has 128 valence electrons. The van der Waals surface area contributed by atoms with Crippen LogP contribution in [0.15, 0.2) is 30.5 Å². The number of benzene rings is 1. The topological polar surface area (TPSA) is 97.1 Å². The van der Waals surface area contributed by atoms with Crippen molar-refractivity contribution < 1.29 is 27.9 Å². The van der Waals surface area contributed by atoms with Crippen molar-refractivity contribution in [3.8, 4) is 0 Å². The van der Waals surface area contributed by atoms with Crippen molar-refractivity contribution >= 4 is 11.9 Å². The molecule has 0 aliphatic rings. The van der Waals surface area contributed by atoms with Crippen molar-refractivity contribution in [3.05, 3.63) is 47.3 Å². The van der Waals surface area contributed by atoms with E-state index < -0.39 is 30.0 Å². The Morgan fingerprint density at radius 2 is 1.96 bits per heavy atom. The van der Waals surface area contributed by atoms with E-state index in [1.54, 1.807) is 0 Å². The van der Waals surface area contributed by atoms with Crippen LogP contribution in [0.3, 0.4) is 0 Å². The van der Waals surface area contributed by atoms with Gasteiger partial charge in [-0.15, -0.1) is 5.10 Å². The van der Waals surface area contributed by atoms with Gasteiger partial charge in [0.2, 0.25) is 5.91 Å². The Kier molecular flexibility index (Phi) is 5.17. The van der Waals surface area contributed by atoms with Crippen LogP contribution in [0.2, 0.25) is 0 Å². The van der Waals surface area contributed by atoms with Crippen molar-refractivity contribution in [2.45, 2.75) is 25.7 Å². The minimum absolute atomic E-state index is 0.0629. The third-order valence-corrected chi connectivity index (χ3v) is 3.02. The van der Waals surface area contributed by atoms with Gasteiger partial charge in [0, 0.05) is 0 Å². The van der Waals surface area contributed by atoms with Gasteiger partial charge >= 0.3 is 12.1 Å². The van der Waals surface area contributed by atoms with Crippen molar-refractivity contribution in [3.63, 3.8) is 0 Å². The van der Waals surface area contributed by atoms with Gasteiger partial charge in [-0.3, -0.25) is 9.59 Å². The molecule has 2 aromatic rings. The Bertz CT molecular complexity index is 743.